The van der Waals surface area contributed by atoms with Crippen LogP contribution in [0.2, 0.25) is 0 Å². The van der Waals surface area contributed by atoms with E-state index in [9.17, 15) is 8.42 Å². The molecule has 1 aliphatic heterocycles. The summed E-state index contributed by atoms with van der Waals surface area (Å²) in [4.78, 5) is 2.36. The molecule has 0 atom stereocenters. The minimum atomic E-state index is -3.29. The molecule has 1 aliphatic rings. The number of rotatable bonds is 7. The first-order valence-corrected chi connectivity index (χ1v) is 8.88. The summed E-state index contributed by atoms with van der Waals surface area (Å²) in [5.74, 6) is 0. The first kappa shape index (κ1) is 14.9. The second kappa shape index (κ2) is 7.35. The molecule has 2 rings (SSSR count). The van der Waals surface area contributed by atoms with Crippen molar-refractivity contribution in [2.75, 3.05) is 39.4 Å². The van der Waals surface area contributed by atoms with Gasteiger partial charge in [0.1, 0.15) is 4.21 Å². The van der Waals surface area contributed by atoms with Crippen LogP contribution in [0, 0.1) is 0 Å². The Labute approximate surface area is 118 Å². The molecule has 1 aromatic heterocycles. The topological polar surface area (TPSA) is 58.6 Å². The van der Waals surface area contributed by atoms with E-state index in [1.54, 1.807) is 17.5 Å². The van der Waals surface area contributed by atoms with Crippen molar-refractivity contribution in [1.82, 2.24) is 9.62 Å². The van der Waals surface area contributed by atoms with E-state index in [1.807, 2.05) is 0 Å². The van der Waals surface area contributed by atoms with Gasteiger partial charge in [0.2, 0.25) is 10.0 Å². The lowest BCUT2D eigenvalue weighted by molar-refractivity contribution is 0.0372. The predicted molar refractivity (Wildman–Crippen MR) is 76.0 cm³/mol. The third-order valence-electron chi connectivity index (χ3n) is 3.06. The van der Waals surface area contributed by atoms with Crippen LogP contribution in [0.25, 0.3) is 0 Å². The Hall–Kier alpha value is -0.470. The zero-order valence-corrected chi connectivity index (χ0v) is 12.5. The predicted octanol–water partition coefficient (Wildman–Crippen LogP) is 1.14. The molecule has 0 spiro atoms. The third kappa shape index (κ3) is 4.85. The Morgan fingerprint density at radius 3 is 2.79 bits per heavy atom. The zero-order valence-electron chi connectivity index (χ0n) is 10.9. The molecule has 1 saturated heterocycles. The summed E-state index contributed by atoms with van der Waals surface area (Å²) in [7, 11) is -3.29. The van der Waals surface area contributed by atoms with Gasteiger partial charge in [-0.2, -0.15) is 0 Å². The van der Waals surface area contributed by atoms with Crippen LogP contribution in [-0.2, 0) is 14.8 Å². The maximum Gasteiger partial charge on any atom is 0.250 e. The van der Waals surface area contributed by atoms with Crippen molar-refractivity contribution in [2.24, 2.45) is 0 Å². The average Bonchev–Trinajstić information content (AvgIpc) is 2.94. The van der Waals surface area contributed by atoms with Crippen LogP contribution in [0.15, 0.2) is 21.7 Å². The van der Waals surface area contributed by atoms with Crippen molar-refractivity contribution in [3.05, 3.63) is 17.5 Å². The van der Waals surface area contributed by atoms with Crippen LogP contribution < -0.4 is 4.72 Å². The summed E-state index contributed by atoms with van der Waals surface area (Å²) in [6.45, 7) is 5.12. The van der Waals surface area contributed by atoms with E-state index in [0.29, 0.717) is 10.8 Å². The molecule has 0 unspecified atom stereocenters. The molecule has 7 heteroatoms. The highest BCUT2D eigenvalue weighted by Gasteiger charge is 2.14. The molecule has 108 valence electrons. The number of thiophene rings is 1. The molecule has 0 aromatic carbocycles. The second-order valence-electron chi connectivity index (χ2n) is 4.49. The van der Waals surface area contributed by atoms with E-state index in [0.717, 1.165) is 45.7 Å². The Balaban J connectivity index is 1.61. The number of nitrogens with zero attached hydrogens (tertiary/aromatic N) is 1. The van der Waals surface area contributed by atoms with Crippen molar-refractivity contribution in [3.63, 3.8) is 0 Å². The standard InChI is InChI=1S/C12H20N2O3S2/c15-19(16,12-4-3-11-18-12)13-5-1-2-6-14-7-9-17-10-8-14/h3-4,11,13H,1-2,5-10H2. The summed E-state index contributed by atoms with van der Waals surface area (Å²) in [5, 5.41) is 1.77. The van der Waals surface area contributed by atoms with Gasteiger partial charge in [-0.15, -0.1) is 11.3 Å². The molecule has 1 aromatic rings. The van der Waals surface area contributed by atoms with Crippen LogP contribution in [-0.4, -0.2) is 52.7 Å². The van der Waals surface area contributed by atoms with Crippen LogP contribution >= 0.6 is 11.3 Å². The Morgan fingerprint density at radius 1 is 1.32 bits per heavy atom. The quantitative estimate of drug-likeness (QED) is 0.768. The van der Waals surface area contributed by atoms with Crippen molar-refractivity contribution in [3.8, 4) is 0 Å². The lowest BCUT2D eigenvalue weighted by atomic mass is 10.3. The molecule has 0 radical (unpaired) electrons. The summed E-state index contributed by atoms with van der Waals surface area (Å²) in [6, 6.07) is 3.37. The fourth-order valence-electron chi connectivity index (χ4n) is 1.98. The summed E-state index contributed by atoms with van der Waals surface area (Å²) in [5.41, 5.74) is 0. The van der Waals surface area contributed by atoms with Gasteiger partial charge in [0.25, 0.3) is 0 Å². The number of sulfonamides is 1. The molecular weight excluding hydrogens is 284 g/mol. The van der Waals surface area contributed by atoms with Gasteiger partial charge in [0, 0.05) is 19.6 Å². The van der Waals surface area contributed by atoms with Gasteiger partial charge >= 0.3 is 0 Å². The summed E-state index contributed by atoms with van der Waals surface area (Å²) >= 11 is 1.24. The number of ether oxygens (including phenoxy) is 1. The first-order valence-electron chi connectivity index (χ1n) is 6.52. The number of nitrogens with one attached hydrogen (secondary N) is 1. The Morgan fingerprint density at radius 2 is 2.11 bits per heavy atom. The molecule has 1 N–H and O–H groups in total. The largest absolute Gasteiger partial charge is 0.379 e. The number of morpholine rings is 1. The molecule has 1 fully saturated rings. The number of hydrogen-bond donors (Lipinski definition) is 1. The van der Waals surface area contributed by atoms with Crippen LogP contribution in [0.3, 0.4) is 0 Å². The molecule has 5 nitrogen and oxygen atoms in total. The van der Waals surface area contributed by atoms with Gasteiger partial charge in [0.05, 0.1) is 13.2 Å². The SMILES string of the molecule is O=S(=O)(NCCCCN1CCOCC1)c1cccs1. The average molecular weight is 304 g/mol. The Kier molecular flexibility index (Phi) is 5.77. The van der Waals surface area contributed by atoms with Gasteiger partial charge in [-0.1, -0.05) is 6.07 Å². The van der Waals surface area contributed by atoms with E-state index in [4.69, 9.17) is 4.74 Å². The number of unbranched alkanes of at least 4 members (excludes halogenated alkanes) is 1. The fraction of sp³-hybridized carbons (Fsp3) is 0.667. The molecule has 19 heavy (non-hydrogen) atoms. The van der Waals surface area contributed by atoms with Gasteiger partial charge in [-0.3, -0.25) is 4.90 Å². The second-order valence-corrected chi connectivity index (χ2v) is 7.43. The molecule has 0 bridgehead atoms. The molecule has 0 aliphatic carbocycles. The minimum absolute atomic E-state index is 0.390. The first-order chi connectivity index (χ1) is 9.18. The lowest BCUT2D eigenvalue weighted by Crippen LogP contribution is -2.37. The zero-order chi connectivity index (χ0) is 13.6. The molecule has 2 heterocycles. The maximum atomic E-state index is 11.8. The van der Waals surface area contributed by atoms with Gasteiger partial charge in [0.15, 0.2) is 0 Å². The van der Waals surface area contributed by atoms with E-state index in [2.05, 4.69) is 9.62 Å². The van der Waals surface area contributed by atoms with E-state index in [1.165, 1.54) is 11.3 Å². The maximum absolute atomic E-state index is 11.8. The van der Waals surface area contributed by atoms with Gasteiger partial charge in [-0.25, -0.2) is 13.1 Å². The molecule has 0 amide bonds. The minimum Gasteiger partial charge on any atom is -0.379 e. The van der Waals surface area contributed by atoms with Crippen LogP contribution in [0.5, 0.6) is 0 Å². The van der Waals surface area contributed by atoms with E-state index in [-0.39, 0.29) is 0 Å². The summed E-state index contributed by atoms with van der Waals surface area (Å²) in [6.07, 6.45) is 1.87. The fourth-order valence-corrected chi connectivity index (χ4v) is 4.09. The summed E-state index contributed by atoms with van der Waals surface area (Å²) < 4.78 is 32.0. The van der Waals surface area contributed by atoms with Gasteiger partial charge < -0.3 is 4.74 Å². The highest BCUT2D eigenvalue weighted by Crippen LogP contribution is 2.15. The highest BCUT2D eigenvalue weighted by atomic mass is 32.2. The lowest BCUT2D eigenvalue weighted by Gasteiger charge is -2.26. The Bertz CT molecular complexity index is 453. The molecule has 0 saturated carbocycles. The van der Waals surface area contributed by atoms with Crippen molar-refractivity contribution >= 4 is 21.4 Å². The normalized spacial score (nSPS) is 17.7. The smallest absolute Gasteiger partial charge is 0.250 e. The van der Waals surface area contributed by atoms with Crippen molar-refractivity contribution in [1.29, 1.82) is 0 Å². The van der Waals surface area contributed by atoms with E-state index >= 15 is 0 Å². The van der Waals surface area contributed by atoms with Crippen LogP contribution in [0.4, 0.5) is 0 Å². The van der Waals surface area contributed by atoms with Crippen LogP contribution in [0.1, 0.15) is 12.8 Å². The van der Waals surface area contributed by atoms with Crippen molar-refractivity contribution < 1.29 is 13.2 Å². The highest BCUT2D eigenvalue weighted by molar-refractivity contribution is 7.91. The monoisotopic (exact) mass is 304 g/mol. The van der Waals surface area contributed by atoms with Gasteiger partial charge in [-0.05, 0) is 30.8 Å². The van der Waals surface area contributed by atoms with Crippen molar-refractivity contribution in [2.45, 2.75) is 17.1 Å². The van der Waals surface area contributed by atoms with E-state index < -0.39 is 10.0 Å². The third-order valence-corrected chi connectivity index (χ3v) is 5.92. The number of hydrogen-bond acceptors (Lipinski definition) is 5. The molecular formula is C12H20N2O3S2.